The number of anilines is 1. The summed E-state index contributed by atoms with van der Waals surface area (Å²) in [7, 11) is -3.40. The zero-order chi connectivity index (χ0) is 15.5. The minimum Gasteiger partial charge on any atom is -0.382 e. The van der Waals surface area contributed by atoms with Gasteiger partial charge in [-0.3, -0.25) is 0 Å². The van der Waals surface area contributed by atoms with Crippen LogP contribution in [0.3, 0.4) is 0 Å². The van der Waals surface area contributed by atoms with Crippen molar-refractivity contribution >= 4 is 15.5 Å². The molecule has 0 radical (unpaired) electrons. The molecule has 0 saturated carbocycles. The Kier molecular flexibility index (Phi) is 4.32. The van der Waals surface area contributed by atoms with Crippen molar-refractivity contribution in [2.45, 2.75) is 37.1 Å². The van der Waals surface area contributed by atoms with Crippen molar-refractivity contribution in [2.75, 3.05) is 11.9 Å². The van der Waals surface area contributed by atoms with E-state index < -0.39 is 14.6 Å². The molecule has 0 aliphatic rings. The largest absolute Gasteiger partial charge is 0.382 e. The Balaban J connectivity index is 1.99. The maximum Gasteiger partial charge on any atom is 0.200 e. The summed E-state index contributed by atoms with van der Waals surface area (Å²) >= 11 is 0. The Bertz CT molecular complexity index is 671. The van der Waals surface area contributed by atoms with Crippen LogP contribution in [0.1, 0.15) is 20.8 Å². The van der Waals surface area contributed by atoms with Crippen molar-refractivity contribution in [1.29, 1.82) is 0 Å². The van der Waals surface area contributed by atoms with Gasteiger partial charge in [0.15, 0.2) is 14.9 Å². The third-order valence-corrected chi connectivity index (χ3v) is 5.48. The molecule has 0 amide bonds. The van der Waals surface area contributed by atoms with Crippen LogP contribution < -0.4 is 5.32 Å². The van der Waals surface area contributed by atoms with E-state index in [9.17, 15) is 8.42 Å². The maximum atomic E-state index is 12.2. The van der Waals surface area contributed by atoms with Gasteiger partial charge in [0.1, 0.15) is 0 Å². The van der Waals surface area contributed by atoms with Crippen molar-refractivity contribution in [1.82, 2.24) is 14.5 Å². The van der Waals surface area contributed by atoms with Gasteiger partial charge in [-0.05, 0) is 32.9 Å². The maximum absolute atomic E-state index is 12.2. The predicted molar refractivity (Wildman–Crippen MR) is 81.9 cm³/mol. The first-order chi connectivity index (χ1) is 9.80. The first-order valence-corrected chi connectivity index (χ1v) is 8.19. The van der Waals surface area contributed by atoms with Crippen LogP contribution in [0.15, 0.2) is 42.1 Å². The summed E-state index contributed by atoms with van der Waals surface area (Å²) < 4.78 is 25.6. The second-order valence-electron chi connectivity index (χ2n) is 5.73. The zero-order valence-corrected chi connectivity index (χ0v) is 13.3. The number of hydrogen-bond acceptors (Lipinski definition) is 5. The highest BCUT2D eigenvalue weighted by Crippen LogP contribution is 2.23. The van der Waals surface area contributed by atoms with E-state index in [1.165, 1.54) is 0 Å². The van der Waals surface area contributed by atoms with Gasteiger partial charge in [-0.15, -0.1) is 0 Å². The Hall–Kier alpha value is -1.89. The van der Waals surface area contributed by atoms with Crippen LogP contribution in [-0.2, 0) is 16.4 Å². The number of nitrogens with one attached hydrogen (secondary N) is 1. The van der Waals surface area contributed by atoms with Gasteiger partial charge in [0, 0.05) is 25.5 Å². The lowest BCUT2D eigenvalue weighted by Crippen LogP contribution is -2.28. The number of rotatable bonds is 5. The average molecular weight is 308 g/mol. The van der Waals surface area contributed by atoms with Gasteiger partial charge in [-0.2, -0.15) is 0 Å². The lowest BCUT2D eigenvalue weighted by molar-refractivity contribution is 0.556. The lowest BCUT2D eigenvalue weighted by atomic mass is 10.3. The Morgan fingerprint density at radius 3 is 2.57 bits per heavy atom. The van der Waals surface area contributed by atoms with E-state index in [2.05, 4.69) is 15.3 Å². The SMILES string of the molecule is CC(C)(C)S(=O)(=O)c1ccc(NCCn2ccnc2)cn1. The summed E-state index contributed by atoms with van der Waals surface area (Å²) in [5.74, 6) is 0. The van der Waals surface area contributed by atoms with E-state index >= 15 is 0 Å². The van der Waals surface area contributed by atoms with Gasteiger partial charge in [0.25, 0.3) is 0 Å². The van der Waals surface area contributed by atoms with E-state index in [0.717, 1.165) is 12.2 Å². The third kappa shape index (κ3) is 3.60. The molecule has 0 spiro atoms. The number of nitrogens with zero attached hydrogens (tertiary/aromatic N) is 3. The van der Waals surface area contributed by atoms with Crippen LogP contribution in [0.4, 0.5) is 5.69 Å². The molecule has 6 nitrogen and oxygen atoms in total. The summed E-state index contributed by atoms with van der Waals surface area (Å²) in [4.78, 5) is 8.03. The first-order valence-electron chi connectivity index (χ1n) is 6.71. The summed E-state index contributed by atoms with van der Waals surface area (Å²) in [6, 6.07) is 3.28. The molecule has 0 aliphatic heterocycles. The Labute approximate surface area is 125 Å². The summed E-state index contributed by atoms with van der Waals surface area (Å²) in [5.41, 5.74) is 0.794. The van der Waals surface area contributed by atoms with Crippen LogP contribution in [0.5, 0.6) is 0 Å². The van der Waals surface area contributed by atoms with Crippen LogP contribution in [0.25, 0.3) is 0 Å². The molecule has 1 N–H and O–H groups in total. The molecule has 0 aliphatic carbocycles. The fraction of sp³-hybridized carbons (Fsp3) is 0.429. The fourth-order valence-corrected chi connectivity index (χ4v) is 2.77. The van der Waals surface area contributed by atoms with Crippen molar-refractivity contribution < 1.29 is 8.42 Å². The smallest absolute Gasteiger partial charge is 0.200 e. The molecule has 2 aromatic heterocycles. The van der Waals surface area contributed by atoms with Crippen LogP contribution >= 0.6 is 0 Å². The summed E-state index contributed by atoms with van der Waals surface area (Å²) in [5, 5.41) is 3.30. The summed E-state index contributed by atoms with van der Waals surface area (Å²) in [6.45, 7) is 6.50. The topological polar surface area (TPSA) is 76.9 Å². The standard InChI is InChI=1S/C14H20N4O2S/c1-14(2,3)21(19,20)13-5-4-12(10-17-13)16-7-9-18-8-6-15-11-18/h4-6,8,10-11,16H,7,9H2,1-3H3. The van der Waals surface area contributed by atoms with E-state index in [1.807, 2.05) is 10.8 Å². The van der Waals surface area contributed by atoms with Gasteiger partial charge >= 0.3 is 0 Å². The second kappa shape index (κ2) is 5.85. The van der Waals surface area contributed by atoms with Crippen LogP contribution in [0.2, 0.25) is 0 Å². The highest BCUT2D eigenvalue weighted by atomic mass is 32.2. The molecular formula is C14H20N4O2S. The quantitative estimate of drug-likeness (QED) is 0.913. The van der Waals surface area contributed by atoms with E-state index in [1.54, 1.807) is 51.6 Å². The first kappa shape index (κ1) is 15.5. The zero-order valence-electron chi connectivity index (χ0n) is 12.4. The molecule has 0 fully saturated rings. The highest BCUT2D eigenvalue weighted by Gasteiger charge is 2.31. The number of pyridine rings is 1. The molecule has 0 saturated heterocycles. The van der Waals surface area contributed by atoms with Gasteiger partial charge in [-0.25, -0.2) is 18.4 Å². The number of aromatic nitrogens is 3. The molecule has 21 heavy (non-hydrogen) atoms. The van der Waals surface area contributed by atoms with E-state index in [-0.39, 0.29) is 5.03 Å². The monoisotopic (exact) mass is 308 g/mol. The highest BCUT2D eigenvalue weighted by molar-refractivity contribution is 7.92. The number of hydrogen-bond donors (Lipinski definition) is 1. The second-order valence-corrected chi connectivity index (χ2v) is 8.38. The number of imidazole rings is 1. The normalized spacial score (nSPS) is 12.3. The third-order valence-electron chi connectivity index (χ3n) is 3.08. The molecule has 0 atom stereocenters. The van der Waals surface area contributed by atoms with Gasteiger partial charge in [0.2, 0.25) is 0 Å². The van der Waals surface area contributed by atoms with Crippen LogP contribution in [0, 0.1) is 0 Å². The number of sulfone groups is 1. The minimum atomic E-state index is -3.40. The molecule has 7 heteroatoms. The van der Waals surface area contributed by atoms with Crippen molar-refractivity contribution in [2.24, 2.45) is 0 Å². The molecule has 2 heterocycles. The molecule has 114 valence electrons. The minimum absolute atomic E-state index is 0.107. The molecule has 0 unspecified atom stereocenters. The van der Waals surface area contributed by atoms with Crippen molar-refractivity contribution in [3.63, 3.8) is 0 Å². The predicted octanol–water partition coefficient (Wildman–Crippen LogP) is 1.96. The molecule has 0 bridgehead atoms. The van der Waals surface area contributed by atoms with Gasteiger partial charge in [0.05, 0.1) is 23.0 Å². The molecule has 2 aromatic rings. The van der Waals surface area contributed by atoms with Crippen molar-refractivity contribution in [3.8, 4) is 0 Å². The van der Waals surface area contributed by atoms with Crippen molar-refractivity contribution in [3.05, 3.63) is 37.1 Å². The van der Waals surface area contributed by atoms with Gasteiger partial charge < -0.3 is 9.88 Å². The van der Waals surface area contributed by atoms with E-state index in [0.29, 0.717) is 6.54 Å². The Morgan fingerprint density at radius 1 is 1.29 bits per heavy atom. The van der Waals surface area contributed by atoms with Crippen LogP contribution in [-0.4, -0.2) is 34.2 Å². The van der Waals surface area contributed by atoms with Gasteiger partial charge in [-0.1, -0.05) is 0 Å². The Morgan fingerprint density at radius 2 is 2.05 bits per heavy atom. The average Bonchev–Trinajstić information content (AvgIpc) is 2.91. The summed E-state index contributed by atoms with van der Waals surface area (Å²) in [6.07, 6.45) is 6.91. The van der Waals surface area contributed by atoms with E-state index in [4.69, 9.17) is 0 Å². The molecule has 0 aromatic carbocycles. The lowest BCUT2D eigenvalue weighted by Gasteiger charge is -2.18. The molecular weight excluding hydrogens is 288 g/mol. The molecule has 2 rings (SSSR count). The fourth-order valence-electron chi connectivity index (χ4n) is 1.71.